The van der Waals surface area contributed by atoms with E-state index in [4.69, 9.17) is 0 Å². The van der Waals surface area contributed by atoms with Crippen molar-refractivity contribution in [3.8, 4) is 0 Å². The summed E-state index contributed by atoms with van der Waals surface area (Å²) in [6, 6.07) is 1.02. The Kier molecular flexibility index (Phi) is 4.07. The number of H-pyrrole nitrogens is 2. The lowest BCUT2D eigenvalue weighted by atomic mass is 10.1. The molecule has 0 radical (unpaired) electrons. The van der Waals surface area contributed by atoms with Gasteiger partial charge >= 0.3 is 5.69 Å². The predicted octanol–water partition coefficient (Wildman–Crippen LogP) is -0.704. The van der Waals surface area contributed by atoms with Gasteiger partial charge in [-0.05, 0) is 20.8 Å². The summed E-state index contributed by atoms with van der Waals surface area (Å²) in [5.41, 5.74) is -2.51. The van der Waals surface area contributed by atoms with E-state index >= 15 is 0 Å². The summed E-state index contributed by atoms with van der Waals surface area (Å²) in [5.74, 6) is -0.497. The van der Waals surface area contributed by atoms with Crippen molar-refractivity contribution in [2.45, 2.75) is 26.4 Å². The van der Waals surface area contributed by atoms with Crippen LogP contribution in [0.4, 0.5) is 0 Å². The molecule has 0 atom stereocenters. The van der Waals surface area contributed by atoms with Gasteiger partial charge in [0.15, 0.2) is 0 Å². The van der Waals surface area contributed by atoms with Gasteiger partial charge in [0, 0.05) is 19.2 Å². The molecule has 0 saturated heterocycles. The largest absolute Gasteiger partial charge is 0.389 e. The van der Waals surface area contributed by atoms with Crippen molar-refractivity contribution in [3.63, 3.8) is 0 Å². The van der Waals surface area contributed by atoms with Crippen LogP contribution in [0.5, 0.6) is 0 Å². The Labute approximate surface area is 103 Å². The Balaban J connectivity index is 3.04. The molecule has 3 N–H and O–H groups in total. The zero-order chi connectivity index (χ0) is 13.9. The molecule has 7 heteroatoms. The molecule has 18 heavy (non-hydrogen) atoms. The topological polar surface area (TPSA) is 106 Å². The van der Waals surface area contributed by atoms with Gasteiger partial charge in [-0.2, -0.15) is 0 Å². The Morgan fingerprint density at radius 1 is 1.39 bits per heavy atom. The molecule has 0 aromatic carbocycles. The van der Waals surface area contributed by atoms with Crippen molar-refractivity contribution in [1.29, 1.82) is 0 Å². The maximum absolute atomic E-state index is 12.0. The lowest BCUT2D eigenvalue weighted by molar-refractivity contribution is 0.0311. The molecule has 0 spiro atoms. The quantitative estimate of drug-likeness (QED) is 0.661. The van der Waals surface area contributed by atoms with E-state index in [0.29, 0.717) is 6.54 Å². The van der Waals surface area contributed by atoms with Crippen LogP contribution in [0, 0.1) is 0 Å². The highest BCUT2D eigenvalue weighted by atomic mass is 16.3. The molecule has 1 amide bonds. The first-order chi connectivity index (χ1) is 8.23. The van der Waals surface area contributed by atoms with Crippen molar-refractivity contribution in [2.24, 2.45) is 0 Å². The first-order valence-corrected chi connectivity index (χ1v) is 5.58. The highest BCUT2D eigenvalue weighted by molar-refractivity contribution is 5.92. The molecule has 7 nitrogen and oxygen atoms in total. The van der Waals surface area contributed by atoms with E-state index < -0.39 is 22.8 Å². The average molecular weight is 255 g/mol. The molecule has 1 aromatic rings. The molecule has 1 heterocycles. The number of aromatic amines is 2. The SMILES string of the molecule is CCN(CC(C)(C)O)C(=O)c1cc(=O)[nH]c(=O)[nH]1. The van der Waals surface area contributed by atoms with Gasteiger partial charge in [-0.1, -0.05) is 0 Å². The fourth-order valence-electron chi connectivity index (χ4n) is 1.55. The lowest BCUT2D eigenvalue weighted by Gasteiger charge is -2.27. The summed E-state index contributed by atoms with van der Waals surface area (Å²) in [6.07, 6.45) is 0. The fourth-order valence-corrected chi connectivity index (χ4v) is 1.55. The Morgan fingerprint density at radius 2 is 2.00 bits per heavy atom. The van der Waals surface area contributed by atoms with Crippen LogP contribution in [0.3, 0.4) is 0 Å². The van der Waals surface area contributed by atoms with Crippen molar-refractivity contribution in [1.82, 2.24) is 14.9 Å². The summed E-state index contributed by atoms with van der Waals surface area (Å²) in [4.78, 5) is 39.8. The molecule has 0 unspecified atom stereocenters. The summed E-state index contributed by atoms with van der Waals surface area (Å²) in [6.45, 7) is 5.36. The second-order valence-electron chi connectivity index (χ2n) is 4.63. The van der Waals surface area contributed by atoms with Crippen LogP contribution < -0.4 is 11.2 Å². The Bertz CT molecular complexity index is 510. The van der Waals surface area contributed by atoms with E-state index in [1.165, 1.54) is 4.90 Å². The number of aromatic nitrogens is 2. The van der Waals surface area contributed by atoms with Crippen LogP contribution in [0.15, 0.2) is 15.7 Å². The third kappa shape index (κ3) is 3.85. The molecular weight excluding hydrogens is 238 g/mol. The van der Waals surface area contributed by atoms with E-state index in [1.54, 1.807) is 20.8 Å². The monoisotopic (exact) mass is 255 g/mol. The molecule has 0 fully saturated rings. The van der Waals surface area contributed by atoms with Crippen LogP contribution >= 0.6 is 0 Å². The molecule has 0 aliphatic heterocycles. The summed E-state index contributed by atoms with van der Waals surface area (Å²) >= 11 is 0. The summed E-state index contributed by atoms with van der Waals surface area (Å²) in [5, 5.41) is 9.69. The number of carbonyl (C=O) groups excluding carboxylic acids is 1. The van der Waals surface area contributed by atoms with E-state index in [0.717, 1.165) is 6.07 Å². The number of nitrogens with one attached hydrogen (secondary N) is 2. The standard InChI is InChI=1S/C11H17N3O4/c1-4-14(6-11(2,3)18)9(16)7-5-8(15)13-10(17)12-7/h5,18H,4,6H2,1-3H3,(H2,12,13,15,17). The zero-order valence-corrected chi connectivity index (χ0v) is 10.6. The number of likely N-dealkylation sites (N-methyl/N-ethyl adjacent to an activating group) is 1. The fraction of sp³-hybridized carbons (Fsp3) is 0.545. The number of hydrogen-bond donors (Lipinski definition) is 3. The highest BCUT2D eigenvalue weighted by Gasteiger charge is 2.23. The van der Waals surface area contributed by atoms with Gasteiger partial charge in [0.05, 0.1) is 5.60 Å². The van der Waals surface area contributed by atoms with Crippen LogP contribution in [-0.2, 0) is 0 Å². The van der Waals surface area contributed by atoms with Crippen LogP contribution in [0.2, 0.25) is 0 Å². The van der Waals surface area contributed by atoms with Gasteiger partial charge in [0.25, 0.3) is 11.5 Å². The molecule has 0 saturated carbocycles. The van der Waals surface area contributed by atoms with Crippen LogP contribution in [0.25, 0.3) is 0 Å². The predicted molar refractivity (Wildman–Crippen MR) is 65.6 cm³/mol. The van der Waals surface area contributed by atoms with Crippen molar-refractivity contribution in [3.05, 3.63) is 32.6 Å². The van der Waals surface area contributed by atoms with Crippen molar-refractivity contribution < 1.29 is 9.90 Å². The minimum Gasteiger partial charge on any atom is -0.389 e. The maximum Gasteiger partial charge on any atom is 0.326 e. The Hall–Kier alpha value is -1.89. The molecule has 1 aromatic heterocycles. The van der Waals surface area contributed by atoms with Crippen LogP contribution in [0.1, 0.15) is 31.3 Å². The Morgan fingerprint density at radius 3 is 2.44 bits per heavy atom. The molecule has 0 aliphatic rings. The van der Waals surface area contributed by atoms with E-state index in [-0.39, 0.29) is 12.2 Å². The smallest absolute Gasteiger partial charge is 0.326 e. The zero-order valence-electron chi connectivity index (χ0n) is 10.6. The molecule has 100 valence electrons. The minimum atomic E-state index is -1.05. The van der Waals surface area contributed by atoms with Gasteiger partial charge in [-0.3, -0.25) is 14.6 Å². The molecule has 0 aliphatic carbocycles. The van der Waals surface area contributed by atoms with Gasteiger partial charge in [-0.25, -0.2) is 4.79 Å². The minimum absolute atomic E-state index is 0.0881. The number of hydrogen-bond acceptors (Lipinski definition) is 4. The summed E-state index contributed by atoms with van der Waals surface area (Å²) < 4.78 is 0. The van der Waals surface area contributed by atoms with E-state index in [2.05, 4.69) is 4.98 Å². The second-order valence-corrected chi connectivity index (χ2v) is 4.63. The highest BCUT2D eigenvalue weighted by Crippen LogP contribution is 2.07. The number of amides is 1. The second kappa shape index (κ2) is 5.18. The average Bonchev–Trinajstić information content (AvgIpc) is 2.22. The maximum atomic E-state index is 12.0. The van der Waals surface area contributed by atoms with Gasteiger partial charge in [-0.15, -0.1) is 0 Å². The third-order valence-electron chi connectivity index (χ3n) is 2.24. The van der Waals surface area contributed by atoms with Gasteiger partial charge < -0.3 is 15.0 Å². The molecule has 0 bridgehead atoms. The normalized spacial score (nSPS) is 11.3. The summed E-state index contributed by atoms with van der Waals surface area (Å²) in [7, 11) is 0. The number of aliphatic hydroxyl groups is 1. The number of carbonyl (C=O) groups is 1. The molecule has 1 rings (SSSR count). The van der Waals surface area contributed by atoms with E-state index in [1.807, 2.05) is 4.98 Å². The lowest BCUT2D eigenvalue weighted by Crippen LogP contribution is -2.43. The number of nitrogens with zero attached hydrogens (tertiary/aromatic N) is 1. The first kappa shape index (κ1) is 14.2. The molecular formula is C11H17N3O4. The first-order valence-electron chi connectivity index (χ1n) is 5.58. The van der Waals surface area contributed by atoms with Crippen LogP contribution in [-0.4, -0.2) is 44.6 Å². The third-order valence-corrected chi connectivity index (χ3v) is 2.24. The van der Waals surface area contributed by atoms with Gasteiger partial charge in [0.2, 0.25) is 0 Å². The van der Waals surface area contributed by atoms with Gasteiger partial charge in [0.1, 0.15) is 5.69 Å². The van der Waals surface area contributed by atoms with E-state index in [9.17, 15) is 19.5 Å². The van der Waals surface area contributed by atoms with Crippen molar-refractivity contribution >= 4 is 5.91 Å². The van der Waals surface area contributed by atoms with Crippen molar-refractivity contribution in [2.75, 3.05) is 13.1 Å². The number of rotatable bonds is 4.